The molecular formula is C24H23BrN2O3S. The quantitative estimate of drug-likeness (QED) is 0.511. The fraction of sp³-hybridized carbons (Fsp3) is 0.208. The summed E-state index contributed by atoms with van der Waals surface area (Å²) in [5, 5.41) is 0. The summed E-state index contributed by atoms with van der Waals surface area (Å²) < 4.78 is 28.0. The van der Waals surface area contributed by atoms with Crippen molar-refractivity contribution in [2.75, 3.05) is 22.8 Å². The summed E-state index contributed by atoms with van der Waals surface area (Å²) in [6, 6.07) is 19.9. The van der Waals surface area contributed by atoms with Crippen LogP contribution in [0.3, 0.4) is 0 Å². The van der Waals surface area contributed by atoms with Crippen LogP contribution in [0.1, 0.15) is 16.7 Å². The Hall–Kier alpha value is -2.64. The number of carbonyl (C=O) groups excluding carboxylic acids is 1. The predicted molar refractivity (Wildman–Crippen MR) is 127 cm³/mol. The molecular weight excluding hydrogens is 476 g/mol. The zero-order valence-corrected chi connectivity index (χ0v) is 19.8. The fourth-order valence-corrected chi connectivity index (χ4v) is 5.33. The minimum atomic E-state index is -3.64. The summed E-state index contributed by atoms with van der Waals surface area (Å²) in [4.78, 5) is 14.9. The molecule has 0 aliphatic carbocycles. The Morgan fingerprint density at radius 2 is 1.71 bits per heavy atom. The van der Waals surface area contributed by atoms with Crippen molar-refractivity contribution in [3.8, 4) is 0 Å². The van der Waals surface area contributed by atoms with E-state index in [4.69, 9.17) is 0 Å². The Bertz CT molecular complexity index is 1220. The highest BCUT2D eigenvalue weighted by atomic mass is 79.9. The summed E-state index contributed by atoms with van der Waals surface area (Å²) >= 11 is 3.48. The highest BCUT2D eigenvalue weighted by Crippen LogP contribution is 2.31. The number of sulfonamides is 1. The van der Waals surface area contributed by atoms with Gasteiger partial charge in [-0.25, -0.2) is 8.42 Å². The van der Waals surface area contributed by atoms with E-state index in [-0.39, 0.29) is 17.2 Å². The first-order valence-corrected chi connectivity index (χ1v) is 12.2. The van der Waals surface area contributed by atoms with E-state index in [0.717, 1.165) is 27.7 Å². The lowest BCUT2D eigenvalue weighted by Gasteiger charge is -2.20. The second kappa shape index (κ2) is 8.48. The van der Waals surface area contributed by atoms with E-state index in [9.17, 15) is 13.2 Å². The van der Waals surface area contributed by atoms with E-state index in [2.05, 4.69) is 22.0 Å². The maximum Gasteiger partial charge on any atom is 0.264 e. The number of carbonyl (C=O) groups is 1. The van der Waals surface area contributed by atoms with E-state index in [1.165, 1.54) is 16.9 Å². The molecule has 0 bridgehead atoms. The molecule has 3 aromatic rings. The molecule has 1 heterocycles. The molecule has 0 N–H and O–H groups in total. The van der Waals surface area contributed by atoms with Gasteiger partial charge in [0.2, 0.25) is 5.91 Å². The van der Waals surface area contributed by atoms with Gasteiger partial charge < -0.3 is 4.90 Å². The maximum atomic E-state index is 12.9. The van der Waals surface area contributed by atoms with Crippen molar-refractivity contribution in [1.29, 1.82) is 0 Å². The van der Waals surface area contributed by atoms with Crippen molar-refractivity contribution in [2.24, 2.45) is 0 Å². The lowest BCUT2D eigenvalue weighted by atomic mass is 10.1. The first-order valence-electron chi connectivity index (χ1n) is 9.99. The first kappa shape index (κ1) is 21.6. The molecule has 0 aromatic heterocycles. The smallest absolute Gasteiger partial charge is 0.264 e. The Morgan fingerprint density at radius 3 is 2.39 bits per heavy atom. The minimum absolute atomic E-state index is 0.0365. The molecule has 0 unspecified atom stereocenters. The molecule has 1 amide bonds. The van der Waals surface area contributed by atoms with Crippen LogP contribution in [-0.2, 0) is 27.7 Å². The molecule has 0 fully saturated rings. The van der Waals surface area contributed by atoms with Crippen molar-refractivity contribution in [3.05, 3.63) is 87.9 Å². The van der Waals surface area contributed by atoms with E-state index in [1.54, 1.807) is 36.4 Å². The third-order valence-electron chi connectivity index (χ3n) is 5.57. The topological polar surface area (TPSA) is 57.7 Å². The molecule has 0 atom stereocenters. The highest BCUT2D eigenvalue weighted by molar-refractivity contribution is 9.10. The van der Waals surface area contributed by atoms with Crippen LogP contribution < -0.4 is 9.21 Å². The summed E-state index contributed by atoms with van der Waals surface area (Å²) in [6.45, 7) is 2.60. The number of anilines is 2. The van der Waals surface area contributed by atoms with Gasteiger partial charge in [0.05, 0.1) is 17.0 Å². The Morgan fingerprint density at radius 1 is 1.03 bits per heavy atom. The molecule has 1 aliphatic heterocycles. The molecule has 0 saturated heterocycles. The number of rotatable bonds is 5. The van der Waals surface area contributed by atoms with Crippen LogP contribution in [0.4, 0.5) is 11.4 Å². The van der Waals surface area contributed by atoms with Gasteiger partial charge in [0.15, 0.2) is 0 Å². The van der Waals surface area contributed by atoms with Crippen LogP contribution in [0.5, 0.6) is 0 Å². The van der Waals surface area contributed by atoms with Gasteiger partial charge in [0, 0.05) is 23.8 Å². The third-order valence-corrected chi connectivity index (χ3v) is 7.87. The van der Waals surface area contributed by atoms with Crippen LogP contribution in [0, 0.1) is 6.92 Å². The summed E-state index contributed by atoms with van der Waals surface area (Å²) in [6.07, 6.45) is 1.12. The Labute approximate surface area is 191 Å². The maximum absolute atomic E-state index is 12.9. The van der Waals surface area contributed by atoms with Crippen LogP contribution in [-0.4, -0.2) is 27.9 Å². The number of amides is 1. The van der Waals surface area contributed by atoms with Crippen molar-refractivity contribution in [2.45, 2.75) is 24.7 Å². The van der Waals surface area contributed by atoms with Gasteiger partial charge in [0.25, 0.3) is 10.0 Å². The summed E-state index contributed by atoms with van der Waals surface area (Å²) in [7, 11) is -2.10. The second-order valence-electron chi connectivity index (χ2n) is 7.70. The zero-order valence-electron chi connectivity index (χ0n) is 17.4. The molecule has 1 aliphatic rings. The molecule has 160 valence electrons. The van der Waals surface area contributed by atoms with Gasteiger partial charge in [-0.2, -0.15) is 0 Å². The molecule has 0 radical (unpaired) electrons. The number of aryl methyl sites for hydroxylation is 1. The Kier molecular flexibility index (Phi) is 5.90. The van der Waals surface area contributed by atoms with Crippen molar-refractivity contribution < 1.29 is 13.2 Å². The molecule has 0 spiro atoms. The molecule has 3 aromatic carbocycles. The molecule has 0 saturated carbocycles. The van der Waals surface area contributed by atoms with E-state index < -0.39 is 10.0 Å². The lowest BCUT2D eigenvalue weighted by molar-refractivity contribution is -0.117. The number of nitrogens with zero attached hydrogens (tertiary/aromatic N) is 2. The van der Waals surface area contributed by atoms with E-state index >= 15 is 0 Å². The van der Waals surface area contributed by atoms with Gasteiger partial charge in [-0.05, 0) is 66.9 Å². The standard InChI is InChI=1S/C24H23BrN2O3S/c1-17-3-10-22(11-4-17)31(29,30)26(2)21-8-5-18(6-9-21)15-24(28)27-14-13-19-16-20(25)7-12-23(19)27/h3-12,16H,13-15H2,1-2H3. The Balaban J connectivity index is 1.47. The zero-order chi connectivity index (χ0) is 22.2. The average molecular weight is 499 g/mol. The molecule has 4 rings (SSSR count). The van der Waals surface area contributed by atoms with Gasteiger partial charge in [0.1, 0.15) is 0 Å². The molecule has 7 heteroatoms. The largest absolute Gasteiger partial charge is 0.312 e. The number of hydrogen-bond donors (Lipinski definition) is 0. The number of hydrogen-bond acceptors (Lipinski definition) is 3. The van der Waals surface area contributed by atoms with E-state index in [0.29, 0.717) is 12.2 Å². The second-order valence-corrected chi connectivity index (χ2v) is 10.6. The van der Waals surface area contributed by atoms with Crippen LogP contribution >= 0.6 is 15.9 Å². The SMILES string of the molecule is Cc1ccc(S(=O)(=O)N(C)c2ccc(CC(=O)N3CCc4cc(Br)ccc43)cc2)cc1. The van der Waals surface area contributed by atoms with Crippen molar-refractivity contribution in [1.82, 2.24) is 0 Å². The third kappa shape index (κ3) is 4.38. The summed E-state index contributed by atoms with van der Waals surface area (Å²) in [5.41, 5.74) is 4.53. The highest BCUT2D eigenvalue weighted by Gasteiger charge is 2.25. The monoisotopic (exact) mass is 498 g/mol. The lowest BCUT2D eigenvalue weighted by Crippen LogP contribution is -2.30. The van der Waals surface area contributed by atoms with Gasteiger partial charge in [-0.3, -0.25) is 9.10 Å². The summed E-state index contributed by atoms with van der Waals surface area (Å²) in [5.74, 6) is 0.0365. The number of halogens is 1. The normalized spacial score (nSPS) is 13.2. The molecule has 5 nitrogen and oxygen atoms in total. The van der Waals surface area contributed by atoms with Crippen LogP contribution in [0.25, 0.3) is 0 Å². The number of benzene rings is 3. The van der Waals surface area contributed by atoms with Crippen molar-refractivity contribution >= 4 is 43.2 Å². The molecule has 31 heavy (non-hydrogen) atoms. The predicted octanol–water partition coefficient (Wildman–Crippen LogP) is 4.71. The van der Waals surface area contributed by atoms with Crippen LogP contribution in [0.15, 0.2) is 76.1 Å². The van der Waals surface area contributed by atoms with Crippen molar-refractivity contribution in [3.63, 3.8) is 0 Å². The van der Waals surface area contributed by atoms with Gasteiger partial charge in [-0.1, -0.05) is 45.8 Å². The first-order chi connectivity index (χ1) is 14.8. The fourth-order valence-electron chi connectivity index (χ4n) is 3.73. The van der Waals surface area contributed by atoms with Crippen LogP contribution in [0.2, 0.25) is 0 Å². The minimum Gasteiger partial charge on any atom is -0.312 e. The average Bonchev–Trinajstić information content (AvgIpc) is 3.17. The number of fused-ring (bicyclic) bond motifs is 1. The van der Waals surface area contributed by atoms with Gasteiger partial charge >= 0.3 is 0 Å². The van der Waals surface area contributed by atoms with Gasteiger partial charge in [-0.15, -0.1) is 0 Å². The van der Waals surface area contributed by atoms with E-state index in [1.807, 2.05) is 36.1 Å².